The first-order valence-electron chi connectivity index (χ1n) is 8.53. The lowest BCUT2D eigenvalue weighted by atomic mass is 10.2. The van der Waals surface area contributed by atoms with Crippen LogP contribution in [0.2, 0.25) is 0 Å². The molecular formula is C18H27N3O3. The number of carbonyl (C=O) groups excluding carboxylic acids is 2. The SMILES string of the molecule is CCCCC(=O)Nc1ccc2c(c1)N(CCCN(C)C)C(=O)CO2. The van der Waals surface area contributed by atoms with E-state index in [-0.39, 0.29) is 18.4 Å². The Bertz CT molecular complexity index is 587. The first kappa shape index (κ1) is 18.3. The Balaban J connectivity index is 2.10. The van der Waals surface area contributed by atoms with Crippen molar-refractivity contribution in [1.82, 2.24) is 4.90 Å². The second-order valence-electron chi connectivity index (χ2n) is 6.33. The lowest BCUT2D eigenvalue weighted by Gasteiger charge is -2.30. The van der Waals surface area contributed by atoms with E-state index >= 15 is 0 Å². The monoisotopic (exact) mass is 333 g/mol. The number of fused-ring (bicyclic) bond motifs is 1. The van der Waals surface area contributed by atoms with Crippen molar-refractivity contribution in [3.8, 4) is 5.75 Å². The molecule has 0 spiro atoms. The number of benzene rings is 1. The Hall–Kier alpha value is -2.08. The van der Waals surface area contributed by atoms with Crippen LogP contribution in [-0.4, -0.2) is 50.5 Å². The summed E-state index contributed by atoms with van der Waals surface area (Å²) >= 11 is 0. The van der Waals surface area contributed by atoms with Crippen molar-refractivity contribution >= 4 is 23.2 Å². The topological polar surface area (TPSA) is 61.9 Å². The zero-order valence-corrected chi connectivity index (χ0v) is 14.8. The molecule has 0 fully saturated rings. The second kappa shape index (κ2) is 8.68. The zero-order chi connectivity index (χ0) is 17.5. The van der Waals surface area contributed by atoms with Gasteiger partial charge in [-0.1, -0.05) is 13.3 Å². The molecular weight excluding hydrogens is 306 g/mol. The summed E-state index contributed by atoms with van der Waals surface area (Å²) in [5, 5.41) is 2.90. The summed E-state index contributed by atoms with van der Waals surface area (Å²) in [5.41, 5.74) is 1.43. The van der Waals surface area contributed by atoms with Gasteiger partial charge in [-0.25, -0.2) is 0 Å². The van der Waals surface area contributed by atoms with E-state index in [1.165, 1.54) is 0 Å². The molecule has 0 unspecified atom stereocenters. The van der Waals surface area contributed by atoms with Crippen molar-refractivity contribution in [2.45, 2.75) is 32.6 Å². The van der Waals surface area contributed by atoms with Gasteiger partial charge in [-0.2, -0.15) is 0 Å². The fourth-order valence-electron chi connectivity index (χ4n) is 2.63. The maximum Gasteiger partial charge on any atom is 0.265 e. The van der Waals surface area contributed by atoms with Crippen LogP contribution in [0.5, 0.6) is 5.75 Å². The van der Waals surface area contributed by atoms with Gasteiger partial charge in [0.05, 0.1) is 5.69 Å². The molecule has 0 atom stereocenters. The van der Waals surface area contributed by atoms with Gasteiger partial charge in [-0.15, -0.1) is 0 Å². The molecule has 1 aliphatic rings. The average molecular weight is 333 g/mol. The zero-order valence-electron chi connectivity index (χ0n) is 14.8. The van der Waals surface area contributed by atoms with Gasteiger partial charge in [0.15, 0.2) is 6.61 Å². The number of hydrogen-bond donors (Lipinski definition) is 1. The van der Waals surface area contributed by atoms with Crippen molar-refractivity contribution < 1.29 is 14.3 Å². The summed E-state index contributed by atoms with van der Waals surface area (Å²) in [6, 6.07) is 5.46. The summed E-state index contributed by atoms with van der Waals surface area (Å²) in [6.07, 6.45) is 3.25. The third-order valence-electron chi connectivity index (χ3n) is 3.93. The molecule has 0 bridgehead atoms. The van der Waals surface area contributed by atoms with Crippen LogP contribution in [0.1, 0.15) is 32.6 Å². The second-order valence-corrected chi connectivity index (χ2v) is 6.33. The minimum atomic E-state index is -0.0456. The lowest BCUT2D eigenvalue weighted by Crippen LogP contribution is -2.40. The van der Waals surface area contributed by atoms with Gasteiger partial charge in [0, 0.05) is 18.7 Å². The Labute approximate surface area is 143 Å². The molecule has 0 aromatic heterocycles. The van der Waals surface area contributed by atoms with E-state index in [2.05, 4.69) is 17.1 Å². The lowest BCUT2D eigenvalue weighted by molar-refractivity contribution is -0.121. The first-order valence-corrected chi connectivity index (χ1v) is 8.53. The number of ether oxygens (including phenoxy) is 1. The highest BCUT2D eigenvalue weighted by atomic mass is 16.5. The third-order valence-corrected chi connectivity index (χ3v) is 3.93. The van der Waals surface area contributed by atoms with Crippen LogP contribution in [0.4, 0.5) is 11.4 Å². The quantitative estimate of drug-likeness (QED) is 0.794. The van der Waals surface area contributed by atoms with E-state index in [0.29, 0.717) is 24.4 Å². The minimum absolute atomic E-state index is 0.000915. The number of unbranched alkanes of at least 4 members (excludes halogenated alkanes) is 1. The summed E-state index contributed by atoms with van der Waals surface area (Å²) in [5.74, 6) is 0.640. The fourth-order valence-corrected chi connectivity index (χ4v) is 2.63. The van der Waals surface area contributed by atoms with Crippen molar-refractivity contribution in [3.05, 3.63) is 18.2 Å². The number of anilines is 2. The first-order chi connectivity index (χ1) is 11.5. The fraction of sp³-hybridized carbons (Fsp3) is 0.556. The highest BCUT2D eigenvalue weighted by Gasteiger charge is 2.25. The minimum Gasteiger partial charge on any atom is -0.482 e. The van der Waals surface area contributed by atoms with Crippen LogP contribution >= 0.6 is 0 Å². The molecule has 0 aliphatic carbocycles. The molecule has 24 heavy (non-hydrogen) atoms. The molecule has 1 N–H and O–H groups in total. The Kier molecular flexibility index (Phi) is 6.61. The van der Waals surface area contributed by atoms with Gasteiger partial charge in [-0.05, 0) is 51.7 Å². The van der Waals surface area contributed by atoms with Gasteiger partial charge in [0.2, 0.25) is 5.91 Å². The Morgan fingerprint density at radius 3 is 2.83 bits per heavy atom. The third kappa shape index (κ3) is 4.96. The average Bonchev–Trinajstić information content (AvgIpc) is 2.54. The highest BCUT2D eigenvalue weighted by molar-refractivity contribution is 5.99. The van der Waals surface area contributed by atoms with Gasteiger partial charge < -0.3 is 19.9 Å². The van der Waals surface area contributed by atoms with E-state index in [1.807, 2.05) is 32.3 Å². The number of nitrogens with one attached hydrogen (secondary N) is 1. The molecule has 0 saturated heterocycles. The van der Waals surface area contributed by atoms with Crippen LogP contribution in [0, 0.1) is 0 Å². The van der Waals surface area contributed by atoms with Crippen molar-refractivity contribution in [1.29, 1.82) is 0 Å². The van der Waals surface area contributed by atoms with E-state index < -0.39 is 0 Å². The number of nitrogens with zero attached hydrogens (tertiary/aromatic N) is 2. The van der Waals surface area contributed by atoms with Crippen molar-refractivity contribution in [2.75, 3.05) is 44.0 Å². The van der Waals surface area contributed by atoms with Crippen LogP contribution in [0.25, 0.3) is 0 Å². The van der Waals surface area contributed by atoms with Crippen molar-refractivity contribution in [2.24, 2.45) is 0 Å². The highest BCUT2D eigenvalue weighted by Crippen LogP contribution is 2.34. The van der Waals surface area contributed by atoms with E-state index in [1.54, 1.807) is 4.90 Å². The molecule has 6 heteroatoms. The molecule has 2 amide bonds. The van der Waals surface area contributed by atoms with Gasteiger partial charge in [0.1, 0.15) is 5.75 Å². The largest absolute Gasteiger partial charge is 0.482 e. The van der Waals surface area contributed by atoms with Gasteiger partial charge >= 0.3 is 0 Å². The molecule has 6 nitrogen and oxygen atoms in total. The summed E-state index contributed by atoms with van der Waals surface area (Å²) < 4.78 is 5.50. The number of carbonyl (C=O) groups is 2. The molecule has 1 aliphatic heterocycles. The Morgan fingerprint density at radius 1 is 1.33 bits per heavy atom. The van der Waals surface area contributed by atoms with E-state index in [4.69, 9.17) is 4.74 Å². The molecule has 1 heterocycles. The molecule has 0 radical (unpaired) electrons. The maximum absolute atomic E-state index is 12.2. The van der Waals surface area contributed by atoms with Gasteiger partial charge in [0.25, 0.3) is 5.91 Å². The van der Waals surface area contributed by atoms with Crippen LogP contribution in [0.15, 0.2) is 18.2 Å². The predicted molar refractivity (Wildman–Crippen MR) is 95.6 cm³/mol. The molecule has 2 rings (SSSR count). The molecule has 132 valence electrons. The number of hydrogen-bond acceptors (Lipinski definition) is 4. The summed E-state index contributed by atoms with van der Waals surface area (Å²) in [4.78, 5) is 28.0. The van der Waals surface area contributed by atoms with Gasteiger partial charge in [-0.3, -0.25) is 9.59 Å². The Morgan fingerprint density at radius 2 is 2.12 bits per heavy atom. The standard InChI is InChI=1S/C18H27N3O3/c1-4-5-7-17(22)19-14-8-9-16-15(12-14)21(18(23)13-24-16)11-6-10-20(2)3/h8-9,12H,4-7,10-11,13H2,1-3H3,(H,19,22). The molecule has 1 aromatic carbocycles. The van der Waals surface area contributed by atoms with E-state index in [0.717, 1.165) is 31.5 Å². The van der Waals surface area contributed by atoms with Crippen LogP contribution < -0.4 is 15.0 Å². The predicted octanol–water partition coefficient (Wildman–Crippen LogP) is 2.49. The molecule has 1 aromatic rings. The normalized spacial score (nSPS) is 13.7. The maximum atomic E-state index is 12.2. The van der Waals surface area contributed by atoms with Crippen molar-refractivity contribution in [3.63, 3.8) is 0 Å². The van der Waals surface area contributed by atoms with Crippen LogP contribution in [0.3, 0.4) is 0 Å². The summed E-state index contributed by atoms with van der Waals surface area (Å²) in [6.45, 7) is 3.67. The van der Waals surface area contributed by atoms with Crippen LogP contribution in [-0.2, 0) is 9.59 Å². The number of amides is 2. The smallest absolute Gasteiger partial charge is 0.265 e. The summed E-state index contributed by atoms with van der Waals surface area (Å²) in [7, 11) is 4.03. The molecule has 0 saturated carbocycles. The van der Waals surface area contributed by atoms with E-state index in [9.17, 15) is 9.59 Å². The number of rotatable bonds is 8.